The van der Waals surface area contributed by atoms with Crippen molar-refractivity contribution in [3.63, 3.8) is 0 Å². The predicted octanol–water partition coefficient (Wildman–Crippen LogP) is 1.78. The number of aromatic nitrogens is 1. The summed E-state index contributed by atoms with van der Waals surface area (Å²) in [4.78, 5) is 6.54. The van der Waals surface area contributed by atoms with Crippen LogP contribution in [0.4, 0.5) is 0 Å². The van der Waals surface area contributed by atoms with Crippen molar-refractivity contribution in [2.75, 3.05) is 31.6 Å². The van der Waals surface area contributed by atoms with Crippen molar-refractivity contribution in [3.8, 4) is 0 Å². The lowest BCUT2D eigenvalue weighted by Crippen LogP contribution is -2.54. The van der Waals surface area contributed by atoms with E-state index in [1.54, 1.807) is 0 Å². The van der Waals surface area contributed by atoms with Crippen LogP contribution in [0.2, 0.25) is 0 Å². The molecule has 3 nitrogen and oxygen atoms in total. The fourth-order valence-electron chi connectivity index (χ4n) is 2.58. The minimum absolute atomic E-state index is 0.234. The highest BCUT2D eigenvalue weighted by molar-refractivity contribution is 7.99. The minimum Gasteiger partial charge on any atom is -0.329 e. The zero-order valence-electron chi connectivity index (χ0n) is 11.1. The third-order valence-electron chi connectivity index (χ3n) is 4.10. The van der Waals surface area contributed by atoms with Crippen molar-refractivity contribution in [2.45, 2.75) is 24.8 Å². The normalized spacial score (nSPS) is 19.1. The summed E-state index contributed by atoms with van der Waals surface area (Å²) in [6.45, 7) is 1.85. The van der Waals surface area contributed by atoms with E-state index in [2.05, 4.69) is 40.8 Å². The molecule has 100 valence electrons. The van der Waals surface area contributed by atoms with E-state index in [-0.39, 0.29) is 5.54 Å². The van der Waals surface area contributed by atoms with Crippen LogP contribution in [0, 0.1) is 0 Å². The summed E-state index contributed by atoms with van der Waals surface area (Å²) in [5.74, 6) is 2.49. The van der Waals surface area contributed by atoms with Crippen molar-refractivity contribution < 1.29 is 0 Å². The van der Waals surface area contributed by atoms with Crippen LogP contribution < -0.4 is 5.73 Å². The number of likely N-dealkylation sites (N-methyl/N-ethyl adjacent to an activating group) is 1. The first-order valence-corrected chi connectivity index (χ1v) is 7.80. The second-order valence-corrected chi connectivity index (χ2v) is 6.29. The molecule has 0 spiro atoms. The molecule has 2 heterocycles. The summed E-state index contributed by atoms with van der Waals surface area (Å²) in [5, 5.41) is 0. The van der Waals surface area contributed by atoms with E-state index in [1.165, 1.54) is 29.9 Å². The maximum Gasteiger partial charge on any atom is 0.0344 e. The van der Waals surface area contributed by atoms with Crippen molar-refractivity contribution in [1.82, 2.24) is 9.88 Å². The number of pyridine rings is 1. The third kappa shape index (κ3) is 3.25. The fourth-order valence-corrected chi connectivity index (χ4v) is 3.83. The Morgan fingerprint density at radius 2 is 2.00 bits per heavy atom. The zero-order chi connectivity index (χ0) is 12.8. The van der Waals surface area contributed by atoms with Crippen LogP contribution in [-0.4, -0.2) is 47.1 Å². The summed E-state index contributed by atoms with van der Waals surface area (Å²) in [7, 11) is 2.23. The Morgan fingerprint density at radius 3 is 2.61 bits per heavy atom. The average molecular weight is 265 g/mol. The molecule has 0 unspecified atom stereocenters. The molecule has 1 fully saturated rings. The SMILES string of the molecule is CN(CCc1ccncc1)C1(CN)CCSCC1. The van der Waals surface area contributed by atoms with Crippen molar-refractivity contribution in [3.05, 3.63) is 30.1 Å². The number of hydrogen-bond donors (Lipinski definition) is 1. The monoisotopic (exact) mass is 265 g/mol. The maximum atomic E-state index is 6.05. The van der Waals surface area contributed by atoms with Crippen LogP contribution in [0.5, 0.6) is 0 Å². The van der Waals surface area contributed by atoms with Gasteiger partial charge in [0.05, 0.1) is 0 Å². The number of rotatable bonds is 5. The first-order chi connectivity index (χ1) is 8.77. The fraction of sp³-hybridized carbons (Fsp3) is 0.643. The lowest BCUT2D eigenvalue weighted by molar-refractivity contribution is 0.117. The van der Waals surface area contributed by atoms with Gasteiger partial charge in [0.25, 0.3) is 0 Å². The van der Waals surface area contributed by atoms with Crippen LogP contribution in [0.3, 0.4) is 0 Å². The quantitative estimate of drug-likeness (QED) is 0.881. The van der Waals surface area contributed by atoms with Gasteiger partial charge in [-0.2, -0.15) is 11.8 Å². The van der Waals surface area contributed by atoms with E-state index in [4.69, 9.17) is 5.73 Å². The number of hydrogen-bond acceptors (Lipinski definition) is 4. The largest absolute Gasteiger partial charge is 0.329 e. The van der Waals surface area contributed by atoms with Crippen molar-refractivity contribution in [2.24, 2.45) is 5.73 Å². The van der Waals surface area contributed by atoms with Gasteiger partial charge in [0.2, 0.25) is 0 Å². The van der Waals surface area contributed by atoms with Gasteiger partial charge in [-0.1, -0.05) is 0 Å². The smallest absolute Gasteiger partial charge is 0.0344 e. The molecule has 0 aliphatic carbocycles. The van der Waals surface area contributed by atoms with Gasteiger partial charge >= 0.3 is 0 Å². The molecule has 2 rings (SSSR count). The Bertz CT molecular complexity index is 349. The topological polar surface area (TPSA) is 42.2 Å². The molecule has 0 radical (unpaired) electrons. The molecule has 2 N–H and O–H groups in total. The molecule has 18 heavy (non-hydrogen) atoms. The summed E-state index contributed by atoms with van der Waals surface area (Å²) < 4.78 is 0. The summed E-state index contributed by atoms with van der Waals surface area (Å²) >= 11 is 2.05. The van der Waals surface area contributed by atoms with Gasteiger partial charge in [-0.25, -0.2) is 0 Å². The van der Waals surface area contributed by atoms with Gasteiger partial charge in [0, 0.05) is 31.0 Å². The molecule has 0 amide bonds. The molecule has 1 aliphatic heterocycles. The molecule has 1 aromatic heterocycles. The molecule has 0 atom stereocenters. The highest BCUT2D eigenvalue weighted by Crippen LogP contribution is 2.30. The molecule has 0 aromatic carbocycles. The van der Waals surface area contributed by atoms with Gasteiger partial charge in [0.15, 0.2) is 0 Å². The molecule has 1 saturated heterocycles. The Kier molecular flexibility index (Phi) is 5.03. The second-order valence-electron chi connectivity index (χ2n) is 5.07. The summed E-state index contributed by atoms with van der Waals surface area (Å²) in [5.41, 5.74) is 7.64. The average Bonchev–Trinajstić information content (AvgIpc) is 2.46. The van der Waals surface area contributed by atoms with E-state index in [0.717, 1.165) is 19.5 Å². The lowest BCUT2D eigenvalue weighted by atomic mass is 9.90. The van der Waals surface area contributed by atoms with Crippen molar-refractivity contribution >= 4 is 11.8 Å². The highest BCUT2D eigenvalue weighted by atomic mass is 32.2. The summed E-state index contributed by atoms with van der Waals surface area (Å²) in [6, 6.07) is 4.19. The third-order valence-corrected chi connectivity index (χ3v) is 5.08. The molecule has 1 aliphatic rings. The van der Waals surface area contributed by atoms with Gasteiger partial charge in [-0.15, -0.1) is 0 Å². The molecular formula is C14H23N3S. The molecule has 4 heteroatoms. The second kappa shape index (κ2) is 6.55. The van der Waals surface area contributed by atoms with Gasteiger partial charge < -0.3 is 5.73 Å². The van der Waals surface area contributed by atoms with Crippen LogP contribution >= 0.6 is 11.8 Å². The van der Waals surface area contributed by atoms with E-state index in [0.29, 0.717) is 0 Å². The Hall–Kier alpha value is -0.580. The van der Waals surface area contributed by atoms with Gasteiger partial charge in [-0.3, -0.25) is 9.88 Å². The molecular weight excluding hydrogens is 242 g/mol. The summed E-state index contributed by atoms with van der Waals surface area (Å²) in [6.07, 6.45) is 7.26. The first kappa shape index (κ1) is 13.8. The van der Waals surface area contributed by atoms with Crippen LogP contribution in [0.25, 0.3) is 0 Å². The Balaban J connectivity index is 1.91. The van der Waals surface area contributed by atoms with Crippen LogP contribution in [-0.2, 0) is 6.42 Å². The van der Waals surface area contributed by atoms with E-state index < -0.39 is 0 Å². The maximum absolute atomic E-state index is 6.05. The van der Waals surface area contributed by atoms with E-state index >= 15 is 0 Å². The predicted molar refractivity (Wildman–Crippen MR) is 78.9 cm³/mol. The lowest BCUT2D eigenvalue weighted by Gasteiger charge is -2.44. The van der Waals surface area contributed by atoms with E-state index in [1.807, 2.05) is 12.4 Å². The van der Waals surface area contributed by atoms with Crippen LogP contribution in [0.15, 0.2) is 24.5 Å². The number of thioether (sulfide) groups is 1. The first-order valence-electron chi connectivity index (χ1n) is 6.65. The Labute approximate surface area is 114 Å². The minimum atomic E-state index is 0.234. The van der Waals surface area contributed by atoms with Crippen molar-refractivity contribution in [1.29, 1.82) is 0 Å². The number of nitrogens with two attached hydrogens (primary N) is 1. The molecule has 1 aromatic rings. The highest BCUT2D eigenvalue weighted by Gasteiger charge is 2.34. The van der Waals surface area contributed by atoms with Gasteiger partial charge in [-0.05, 0) is 55.5 Å². The Morgan fingerprint density at radius 1 is 1.33 bits per heavy atom. The standard InChI is InChI=1S/C14H23N3S/c1-17(9-4-13-2-7-16-8-3-13)14(12-15)5-10-18-11-6-14/h2-3,7-8H,4-6,9-12,15H2,1H3. The number of nitrogens with zero attached hydrogens (tertiary/aromatic N) is 2. The molecule has 0 saturated carbocycles. The van der Waals surface area contributed by atoms with Gasteiger partial charge in [0.1, 0.15) is 0 Å². The zero-order valence-corrected chi connectivity index (χ0v) is 12.0. The van der Waals surface area contributed by atoms with Crippen LogP contribution in [0.1, 0.15) is 18.4 Å². The molecule has 0 bridgehead atoms. The van der Waals surface area contributed by atoms with E-state index in [9.17, 15) is 0 Å².